The first-order valence-corrected chi connectivity index (χ1v) is 6.02. The largest absolute Gasteiger partial charge is 0.419 e. The third-order valence-electron chi connectivity index (χ3n) is 2.50. The zero-order valence-corrected chi connectivity index (χ0v) is 10.3. The fourth-order valence-corrected chi connectivity index (χ4v) is 1.53. The van der Waals surface area contributed by atoms with Crippen LogP contribution in [-0.2, 0) is 6.54 Å². The maximum absolute atomic E-state index is 9.11. The highest BCUT2D eigenvalue weighted by Gasteiger charge is 2.07. The van der Waals surface area contributed by atoms with Crippen LogP contribution in [0.25, 0.3) is 11.5 Å². The molecule has 0 fully saturated rings. The van der Waals surface area contributed by atoms with Crippen LogP contribution in [0.4, 0.5) is 0 Å². The van der Waals surface area contributed by atoms with E-state index in [2.05, 4.69) is 15.5 Å². The smallest absolute Gasteiger partial charge is 0.247 e. The lowest BCUT2D eigenvalue weighted by molar-refractivity contribution is 0.183. The van der Waals surface area contributed by atoms with Gasteiger partial charge in [-0.1, -0.05) is 18.2 Å². The Kier molecular flexibility index (Phi) is 4.44. The normalized spacial score (nSPS) is 12.6. The van der Waals surface area contributed by atoms with Gasteiger partial charge in [-0.25, -0.2) is 0 Å². The van der Waals surface area contributed by atoms with Gasteiger partial charge in [0.25, 0.3) is 0 Å². The molecule has 96 valence electrons. The second-order valence-corrected chi connectivity index (χ2v) is 4.18. The molecule has 0 aliphatic rings. The molecule has 0 radical (unpaired) electrons. The predicted molar refractivity (Wildman–Crippen MR) is 67.7 cm³/mol. The minimum atomic E-state index is -0.292. The van der Waals surface area contributed by atoms with Gasteiger partial charge in [0.1, 0.15) is 0 Å². The summed E-state index contributed by atoms with van der Waals surface area (Å²) in [5.41, 5.74) is 0.917. The third-order valence-corrected chi connectivity index (χ3v) is 2.50. The Bertz CT molecular complexity index is 468. The molecule has 1 heterocycles. The van der Waals surface area contributed by atoms with E-state index < -0.39 is 0 Å². The number of nitrogens with one attached hydrogen (secondary N) is 1. The topological polar surface area (TPSA) is 71.2 Å². The number of benzene rings is 1. The average Bonchev–Trinajstić information content (AvgIpc) is 2.84. The SMILES string of the molecule is CC(O)CCNCc1nnc(-c2ccccc2)o1. The average molecular weight is 247 g/mol. The molecule has 0 aliphatic heterocycles. The highest BCUT2D eigenvalue weighted by molar-refractivity contribution is 5.51. The Labute approximate surface area is 106 Å². The monoisotopic (exact) mass is 247 g/mol. The van der Waals surface area contributed by atoms with Crippen molar-refractivity contribution in [1.82, 2.24) is 15.5 Å². The first-order chi connectivity index (χ1) is 8.75. The van der Waals surface area contributed by atoms with E-state index in [4.69, 9.17) is 9.52 Å². The van der Waals surface area contributed by atoms with Crippen LogP contribution in [0.5, 0.6) is 0 Å². The minimum absolute atomic E-state index is 0.292. The van der Waals surface area contributed by atoms with E-state index in [9.17, 15) is 0 Å². The molecule has 2 aromatic rings. The second-order valence-electron chi connectivity index (χ2n) is 4.18. The van der Waals surface area contributed by atoms with Crippen molar-refractivity contribution in [1.29, 1.82) is 0 Å². The van der Waals surface area contributed by atoms with Crippen LogP contribution in [0.2, 0.25) is 0 Å². The lowest BCUT2D eigenvalue weighted by Gasteiger charge is -2.03. The van der Waals surface area contributed by atoms with Crippen molar-refractivity contribution in [2.45, 2.75) is 26.0 Å². The lowest BCUT2D eigenvalue weighted by Crippen LogP contribution is -2.18. The molecule has 1 atom stereocenters. The number of aromatic nitrogens is 2. The summed E-state index contributed by atoms with van der Waals surface area (Å²) in [4.78, 5) is 0. The van der Waals surface area contributed by atoms with Crippen LogP contribution < -0.4 is 5.32 Å². The minimum Gasteiger partial charge on any atom is -0.419 e. The van der Waals surface area contributed by atoms with E-state index in [1.807, 2.05) is 30.3 Å². The van der Waals surface area contributed by atoms with Gasteiger partial charge in [-0.2, -0.15) is 0 Å². The molecule has 2 rings (SSSR count). The van der Waals surface area contributed by atoms with Gasteiger partial charge >= 0.3 is 0 Å². The highest BCUT2D eigenvalue weighted by Crippen LogP contribution is 2.16. The summed E-state index contributed by atoms with van der Waals surface area (Å²) < 4.78 is 5.53. The maximum Gasteiger partial charge on any atom is 0.247 e. The molecule has 0 bridgehead atoms. The van der Waals surface area contributed by atoms with E-state index in [0.29, 0.717) is 24.7 Å². The van der Waals surface area contributed by atoms with Crippen LogP contribution in [-0.4, -0.2) is 28.0 Å². The zero-order chi connectivity index (χ0) is 12.8. The molecule has 1 aromatic heterocycles. The Morgan fingerprint density at radius 2 is 2.06 bits per heavy atom. The number of hydrogen-bond donors (Lipinski definition) is 2. The first-order valence-electron chi connectivity index (χ1n) is 6.02. The number of aliphatic hydroxyl groups is 1. The van der Waals surface area contributed by atoms with Gasteiger partial charge in [-0.3, -0.25) is 0 Å². The van der Waals surface area contributed by atoms with Crippen molar-refractivity contribution < 1.29 is 9.52 Å². The summed E-state index contributed by atoms with van der Waals surface area (Å²) in [6.45, 7) is 3.01. The molecule has 0 aliphatic carbocycles. The molecule has 0 saturated carbocycles. The van der Waals surface area contributed by atoms with Crippen LogP contribution in [0.1, 0.15) is 19.2 Å². The fraction of sp³-hybridized carbons (Fsp3) is 0.385. The molecular formula is C13H17N3O2. The number of aliphatic hydroxyl groups excluding tert-OH is 1. The molecule has 1 aromatic carbocycles. The maximum atomic E-state index is 9.11. The lowest BCUT2D eigenvalue weighted by atomic mass is 10.2. The Balaban J connectivity index is 1.87. The van der Waals surface area contributed by atoms with Gasteiger partial charge in [-0.05, 0) is 32.0 Å². The van der Waals surface area contributed by atoms with Crippen molar-refractivity contribution >= 4 is 0 Å². The van der Waals surface area contributed by atoms with E-state index in [1.165, 1.54) is 0 Å². The van der Waals surface area contributed by atoms with Crippen LogP contribution in [0.3, 0.4) is 0 Å². The zero-order valence-electron chi connectivity index (χ0n) is 10.3. The van der Waals surface area contributed by atoms with Gasteiger partial charge in [0, 0.05) is 5.56 Å². The molecule has 18 heavy (non-hydrogen) atoms. The molecule has 2 N–H and O–H groups in total. The summed E-state index contributed by atoms with van der Waals surface area (Å²) in [6, 6.07) is 9.66. The third kappa shape index (κ3) is 3.65. The van der Waals surface area contributed by atoms with Crippen molar-refractivity contribution in [3.63, 3.8) is 0 Å². The van der Waals surface area contributed by atoms with Gasteiger partial charge in [0.05, 0.1) is 12.6 Å². The number of rotatable bonds is 6. The summed E-state index contributed by atoms with van der Waals surface area (Å²) in [5.74, 6) is 1.09. The van der Waals surface area contributed by atoms with E-state index in [-0.39, 0.29) is 6.10 Å². The summed E-state index contributed by atoms with van der Waals surface area (Å²) in [7, 11) is 0. The fourth-order valence-electron chi connectivity index (χ4n) is 1.53. The van der Waals surface area contributed by atoms with Crippen molar-refractivity contribution in [2.75, 3.05) is 6.54 Å². The van der Waals surface area contributed by atoms with Crippen molar-refractivity contribution in [2.24, 2.45) is 0 Å². The van der Waals surface area contributed by atoms with Crippen LogP contribution in [0.15, 0.2) is 34.7 Å². The highest BCUT2D eigenvalue weighted by atomic mass is 16.4. The standard InChI is InChI=1S/C13H17N3O2/c1-10(17)7-8-14-9-12-15-16-13(18-12)11-5-3-2-4-6-11/h2-6,10,14,17H,7-9H2,1H3. The molecule has 5 nitrogen and oxygen atoms in total. The predicted octanol–water partition coefficient (Wildman–Crippen LogP) is 1.60. The Hall–Kier alpha value is -1.72. The second kappa shape index (κ2) is 6.28. The van der Waals surface area contributed by atoms with Gasteiger partial charge in [-0.15, -0.1) is 10.2 Å². The molecule has 0 amide bonds. The van der Waals surface area contributed by atoms with Crippen LogP contribution in [0, 0.1) is 0 Å². The molecule has 0 saturated heterocycles. The number of hydrogen-bond acceptors (Lipinski definition) is 5. The molecule has 0 spiro atoms. The van der Waals surface area contributed by atoms with Gasteiger partial charge in [0.2, 0.25) is 11.8 Å². The van der Waals surface area contributed by atoms with E-state index in [0.717, 1.165) is 12.1 Å². The van der Waals surface area contributed by atoms with Crippen molar-refractivity contribution in [3.8, 4) is 11.5 Å². The van der Waals surface area contributed by atoms with Crippen LogP contribution >= 0.6 is 0 Å². The van der Waals surface area contributed by atoms with Crippen molar-refractivity contribution in [3.05, 3.63) is 36.2 Å². The Morgan fingerprint density at radius 3 is 2.78 bits per heavy atom. The quantitative estimate of drug-likeness (QED) is 0.759. The first kappa shape index (κ1) is 12.7. The molecular weight excluding hydrogens is 230 g/mol. The summed E-state index contributed by atoms with van der Waals surface area (Å²) in [6.07, 6.45) is 0.416. The Morgan fingerprint density at radius 1 is 1.28 bits per heavy atom. The molecule has 1 unspecified atom stereocenters. The number of nitrogens with zero attached hydrogens (tertiary/aromatic N) is 2. The van der Waals surface area contributed by atoms with Gasteiger partial charge in [0.15, 0.2) is 0 Å². The van der Waals surface area contributed by atoms with E-state index >= 15 is 0 Å². The summed E-state index contributed by atoms with van der Waals surface area (Å²) in [5, 5.41) is 20.2. The molecule has 5 heteroatoms. The summed E-state index contributed by atoms with van der Waals surface area (Å²) >= 11 is 0. The van der Waals surface area contributed by atoms with E-state index in [1.54, 1.807) is 6.92 Å². The van der Waals surface area contributed by atoms with Gasteiger partial charge < -0.3 is 14.8 Å².